The Morgan fingerprint density at radius 2 is 1.79 bits per heavy atom. The van der Waals surface area contributed by atoms with Crippen molar-refractivity contribution in [3.8, 4) is 11.6 Å². The Morgan fingerprint density at radius 3 is 2.59 bits per heavy atom. The Balaban J connectivity index is 1.75. The fourth-order valence-corrected chi connectivity index (χ4v) is 3.63. The average molecular weight is 513 g/mol. The maximum atomic E-state index is 13.1. The number of aromatic nitrogens is 2. The number of furan rings is 2. The van der Waals surface area contributed by atoms with Gasteiger partial charge in [0.2, 0.25) is 5.82 Å². The number of rotatable bonds is 3. The maximum absolute atomic E-state index is 13.1. The molecule has 6 nitrogen and oxygen atoms in total. The second kappa shape index (κ2) is 7.13. The van der Waals surface area contributed by atoms with E-state index >= 15 is 0 Å². The normalized spacial score (nSPS) is 11.8. The van der Waals surface area contributed by atoms with Crippen LogP contribution in [0.25, 0.3) is 33.5 Å². The molecule has 0 aliphatic carbocycles. The molecule has 3 aromatic heterocycles. The Kier molecular flexibility index (Phi) is 4.44. The maximum Gasteiger partial charge on any atom is 0.282 e. The minimum absolute atomic E-state index is 0.299. The van der Waals surface area contributed by atoms with E-state index in [-0.39, 0.29) is 5.56 Å². The fourth-order valence-electron chi connectivity index (χ4n) is 3.02. The Morgan fingerprint density at radius 1 is 1.00 bits per heavy atom. The van der Waals surface area contributed by atoms with E-state index in [0.29, 0.717) is 38.5 Å². The van der Waals surface area contributed by atoms with Crippen LogP contribution in [-0.4, -0.2) is 15.9 Å². The van der Waals surface area contributed by atoms with Crippen LogP contribution >= 0.6 is 31.9 Å². The Labute approximate surface area is 180 Å². The molecule has 0 fully saturated rings. The first kappa shape index (κ1) is 18.1. The van der Waals surface area contributed by atoms with Gasteiger partial charge < -0.3 is 8.83 Å². The predicted molar refractivity (Wildman–Crippen MR) is 118 cm³/mol. The van der Waals surface area contributed by atoms with Crippen LogP contribution < -0.4 is 5.56 Å². The summed E-state index contributed by atoms with van der Waals surface area (Å²) in [6.07, 6.45) is 1.46. The first-order valence-electron chi connectivity index (χ1n) is 8.60. The highest BCUT2D eigenvalue weighted by molar-refractivity contribution is 9.13. The highest BCUT2D eigenvalue weighted by atomic mass is 79.9. The molecule has 0 amide bonds. The molecule has 0 N–H and O–H groups in total. The van der Waals surface area contributed by atoms with Crippen molar-refractivity contribution in [2.45, 2.75) is 0 Å². The van der Waals surface area contributed by atoms with E-state index < -0.39 is 0 Å². The number of hydrogen-bond acceptors (Lipinski definition) is 5. The van der Waals surface area contributed by atoms with Crippen molar-refractivity contribution in [3.63, 3.8) is 0 Å². The van der Waals surface area contributed by atoms with Crippen LogP contribution in [0.5, 0.6) is 0 Å². The topological polar surface area (TPSA) is 73.5 Å². The molecular weight excluding hydrogens is 502 g/mol. The summed E-state index contributed by atoms with van der Waals surface area (Å²) in [5.74, 6) is 1.23. The standard InChI is InChI=1S/C21H11Br2N3O3/c22-15-10-13(28-19(15)23)11-24-26-20(18-9-12-5-1-4-8-17(12)29-18)25-16-7-3-2-6-14(16)21(26)27/h1-11H. The average Bonchev–Trinajstić information content (AvgIpc) is 3.30. The Bertz CT molecular complexity index is 1410. The van der Waals surface area contributed by atoms with E-state index in [0.717, 1.165) is 9.86 Å². The minimum atomic E-state index is -0.299. The molecule has 8 heteroatoms. The smallest absolute Gasteiger partial charge is 0.282 e. The summed E-state index contributed by atoms with van der Waals surface area (Å²) in [6, 6.07) is 18.3. The van der Waals surface area contributed by atoms with Gasteiger partial charge in [-0.1, -0.05) is 30.3 Å². The van der Waals surface area contributed by atoms with Crippen LogP contribution in [0, 0.1) is 0 Å². The third kappa shape index (κ3) is 3.24. The number of halogens is 2. The van der Waals surface area contributed by atoms with Gasteiger partial charge in [-0.3, -0.25) is 4.79 Å². The molecular formula is C21H11Br2N3O3. The highest BCUT2D eigenvalue weighted by Crippen LogP contribution is 2.28. The van der Waals surface area contributed by atoms with Gasteiger partial charge in [-0.2, -0.15) is 9.78 Å². The lowest BCUT2D eigenvalue weighted by Gasteiger charge is -2.06. The zero-order valence-corrected chi connectivity index (χ0v) is 17.8. The summed E-state index contributed by atoms with van der Waals surface area (Å²) in [7, 11) is 0. The predicted octanol–water partition coefficient (Wildman–Crippen LogP) is 5.81. The summed E-state index contributed by atoms with van der Waals surface area (Å²) < 4.78 is 14.0. The number of para-hydroxylation sites is 2. The van der Waals surface area contributed by atoms with E-state index in [1.54, 1.807) is 24.3 Å². The van der Waals surface area contributed by atoms with Crippen LogP contribution in [0.3, 0.4) is 0 Å². The monoisotopic (exact) mass is 511 g/mol. The van der Waals surface area contributed by atoms with Crippen LogP contribution in [0.15, 0.2) is 88.5 Å². The van der Waals surface area contributed by atoms with E-state index in [9.17, 15) is 4.79 Å². The van der Waals surface area contributed by atoms with Crippen LogP contribution in [-0.2, 0) is 0 Å². The second-order valence-corrected chi connectivity index (χ2v) is 7.81. The SMILES string of the molecule is O=c1c2ccccc2nc(-c2cc3ccccc3o2)n1N=Cc1cc(Br)c(Br)o1. The summed E-state index contributed by atoms with van der Waals surface area (Å²) in [6.45, 7) is 0. The quantitative estimate of drug-likeness (QED) is 0.286. The molecule has 3 heterocycles. The van der Waals surface area contributed by atoms with E-state index in [4.69, 9.17) is 8.83 Å². The van der Waals surface area contributed by atoms with Crippen molar-refractivity contribution in [1.29, 1.82) is 0 Å². The van der Waals surface area contributed by atoms with E-state index in [1.165, 1.54) is 10.9 Å². The van der Waals surface area contributed by atoms with E-state index in [1.807, 2.05) is 36.4 Å². The van der Waals surface area contributed by atoms with Crippen LogP contribution in [0.4, 0.5) is 0 Å². The van der Waals surface area contributed by atoms with Gasteiger partial charge in [-0.25, -0.2) is 4.98 Å². The molecule has 0 radical (unpaired) electrons. The summed E-state index contributed by atoms with van der Waals surface area (Å²) in [5, 5.41) is 5.73. The molecule has 5 rings (SSSR count). The van der Waals surface area contributed by atoms with Gasteiger partial charge in [0.1, 0.15) is 11.3 Å². The van der Waals surface area contributed by atoms with Crippen molar-refractivity contribution in [2.24, 2.45) is 5.10 Å². The lowest BCUT2D eigenvalue weighted by Crippen LogP contribution is -2.20. The molecule has 0 aliphatic heterocycles. The number of nitrogens with zero attached hydrogens (tertiary/aromatic N) is 3. The number of benzene rings is 2. The molecule has 0 aliphatic rings. The molecule has 0 saturated carbocycles. The van der Waals surface area contributed by atoms with Gasteiger partial charge in [0, 0.05) is 11.5 Å². The third-order valence-corrected chi connectivity index (χ3v) is 6.07. The van der Waals surface area contributed by atoms with Gasteiger partial charge in [0.25, 0.3) is 5.56 Å². The fraction of sp³-hybridized carbons (Fsp3) is 0. The zero-order chi connectivity index (χ0) is 20.0. The van der Waals surface area contributed by atoms with Crippen LogP contribution in [0.1, 0.15) is 5.76 Å². The molecule has 0 saturated heterocycles. The molecule has 0 spiro atoms. The summed E-state index contributed by atoms with van der Waals surface area (Å²) in [5.41, 5.74) is 0.981. The molecule has 142 valence electrons. The summed E-state index contributed by atoms with van der Waals surface area (Å²) in [4.78, 5) is 17.8. The first-order valence-corrected chi connectivity index (χ1v) is 10.2. The zero-order valence-electron chi connectivity index (χ0n) is 14.7. The largest absolute Gasteiger partial charge is 0.453 e. The minimum Gasteiger partial charge on any atom is -0.453 e. The van der Waals surface area contributed by atoms with Crippen LogP contribution in [0.2, 0.25) is 0 Å². The first-order chi connectivity index (χ1) is 14.1. The van der Waals surface area contributed by atoms with Gasteiger partial charge >= 0.3 is 0 Å². The van der Waals surface area contributed by atoms with Gasteiger partial charge in [0.15, 0.2) is 10.4 Å². The molecule has 2 aromatic carbocycles. The van der Waals surface area contributed by atoms with Crippen molar-refractivity contribution >= 4 is 59.9 Å². The van der Waals surface area contributed by atoms with E-state index in [2.05, 4.69) is 41.9 Å². The summed E-state index contributed by atoms with van der Waals surface area (Å²) >= 11 is 6.65. The lowest BCUT2D eigenvalue weighted by atomic mass is 10.2. The third-order valence-electron chi connectivity index (χ3n) is 4.36. The van der Waals surface area contributed by atoms with Gasteiger partial charge in [-0.05, 0) is 56.1 Å². The van der Waals surface area contributed by atoms with Crippen molar-refractivity contribution in [2.75, 3.05) is 0 Å². The molecule has 0 unspecified atom stereocenters. The second-order valence-electron chi connectivity index (χ2n) is 6.23. The van der Waals surface area contributed by atoms with Crippen molar-refractivity contribution in [3.05, 3.63) is 85.9 Å². The lowest BCUT2D eigenvalue weighted by molar-refractivity contribution is 0.532. The molecule has 0 bridgehead atoms. The van der Waals surface area contributed by atoms with Gasteiger partial charge in [0.05, 0.1) is 21.6 Å². The molecule has 5 aromatic rings. The Hall–Kier alpha value is -2.97. The molecule has 0 atom stereocenters. The highest BCUT2D eigenvalue weighted by Gasteiger charge is 2.16. The van der Waals surface area contributed by atoms with Gasteiger partial charge in [-0.15, -0.1) is 0 Å². The van der Waals surface area contributed by atoms with Crippen molar-refractivity contribution < 1.29 is 8.83 Å². The molecule has 29 heavy (non-hydrogen) atoms. The number of fused-ring (bicyclic) bond motifs is 2. The number of hydrogen-bond donors (Lipinski definition) is 0. The van der Waals surface area contributed by atoms with Crippen molar-refractivity contribution in [1.82, 2.24) is 9.66 Å².